The van der Waals surface area contributed by atoms with E-state index in [1.807, 2.05) is 0 Å². The summed E-state index contributed by atoms with van der Waals surface area (Å²) in [6.07, 6.45) is 4.39. The van der Waals surface area contributed by atoms with Crippen molar-refractivity contribution in [2.24, 2.45) is 18.9 Å². The van der Waals surface area contributed by atoms with Crippen LogP contribution < -0.4 is 4.72 Å². The highest BCUT2D eigenvalue weighted by atomic mass is 32.2. The second kappa shape index (κ2) is 5.87. The number of aromatic nitrogens is 1. The van der Waals surface area contributed by atoms with Crippen molar-refractivity contribution >= 4 is 10.0 Å². The zero-order valence-corrected chi connectivity index (χ0v) is 13.2. The fourth-order valence-corrected chi connectivity index (χ4v) is 4.20. The maximum atomic E-state index is 12.4. The molecule has 1 aliphatic rings. The summed E-state index contributed by atoms with van der Waals surface area (Å²) in [4.78, 5) is 0.232. The Morgan fingerprint density at radius 1 is 1.35 bits per heavy atom. The first-order valence-corrected chi connectivity index (χ1v) is 8.60. The summed E-state index contributed by atoms with van der Waals surface area (Å²) in [5.74, 6) is 1.20. The molecule has 2 rings (SSSR count). The van der Waals surface area contributed by atoms with E-state index in [4.69, 9.17) is 5.11 Å². The molecule has 0 saturated heterocycles. The molecule has 114 valence electrons. The minimum Gasteiger partial charge on any atom is -0.390 e. The number of aliphatic hydroxyl groups excluding tert-OH is 1. The second-order valence-corrected chi connectivity index (χ2v) is 7.74. The highest BCUT2D eigenvalue weighted by Crippen LogP contribution is 2.30. The summed E-state index contributed by atoms with van der Waals surface area (Å²) in [6.45, 7) is 4.24. The van der Waals surface area contributed by atoms with Gasteiger partial charge in [-0.15, -0.1) is 0 Å². The summed E-state index contributed by atoms with van der Waals surface area (Å²) < 4.78 is 29.2. The summed E-state index contributed by atoms with van der Waals surface area (Å²) >= 11 is 0. The molecule has 1 aromatic rings. The topological polar surface area (TPSA) is 71.3 Å². The molecule has 0 aromatic carbocycles. The summed E-state index contributed by atoms with van der Waals surface area (Å²) in [6, 6.07) is 1.54. The lowest BCUT2D eigenvalue weighted by molar-refractivity contribution is 0.242. The molecular weight excluding hydrogens is 276 g/mol. The first-order chi connectivity index (χ1) is 9.33. The Bertz CT molecular complexity index is 565. The molecule has 0 radical (unpaired) electrons. The molecule has 1 fully saturated rings. The van der Waals surface area contributed by atoms with E-state index in [1.54, 1.807) is 17.8 Å². The van der Waals surface area contributed by atoms with Gasteiger partial charge in [0.15, 0.2) is 0 Å². The van der Waals surface area contributed by atoms with Gasteiger partial charge in [0.1, 0.15) is 0 Å². The lowest BCUT2D eigenvalue weighted by atomic mass is 9.79. The Morgan fingerprint density at radius 3 is 2.60 bits per heavy atom. The number of aryl methyl sites for hydroxylation is 1. The van der Waals surface area contributed by atoms with Crippen LogP contribution in [-0.4, -0.2) is 24.1 Å². The maximum absolute atomic E-state index is 12.4. The minimum absolute atomic E-state index is 0.0176. The number of nitrogens with one attached hydrogen (secondary N) is 1. The van der Waals surface area contributed by atoms with Crippen molar-refractivity contribution in [1.29, 1.82) is 0 Å². The van der Waals surface area contributed by atoms with Crippen molar-refractivity contribution in [2.75, 3.05) is 0 Å². The van der Waals surface area contributed by atoms with E-state index >= 15 is 0 Å². The van der Waals surface area contributed by atoms with Crippen molar-refractivity contribution in [3.05, 3.63) is 18.0 Å². The van der Waals surface area contributed by atoms with Crippen LogP contribution in [-0.2, 0) is 23.7 Å². The minimum atomic E-state index is -3.49. The van der Waals surface area contributed by atoms with Gasteiger partial charge >= 0.3 is 0 Å². The Morgan fingerprint density at radius 2 is 2.05 bits per heavy atom. The smallest absolute Gasteiger partial charge is 0.242 e. The molecule has 5 nitrogen and oxygen atoms in total. The average molecular weight is 300 g/mol. The third-order valence-electron chi connectivity index (χ3n) is 4.48. The Hall–Kier alpha value is -0.850. The molecule has 2 N–H and O–H groups in total. The van der Waals surface area contributed by atoms with Crippen molar-refractivity contribution in [1.82, 2.24) is 9.29 Å². The van der Waals surface area contributed by atoms with Crippen LogP contribution >= 0.6 is 0 Å². The van der Waals surface area contributed by atoms with Gasteiger partial charge in [0.25, 0.3) is 0 Å². The highest BCUT2D eigenvalue weighted by Gasteiger charge is 2.28. The molecule has 6 heteroatoms. The summed E-state index contributed by atoms with van der Waals surface area (Å²) in [5, 5.41) is 9.15. The molecule has 3 atom stereocenters. The molecule has 1 saturated carbocycles. The van der Waals surface area contributed by atoms with E-state index in [-0.39, 0.29) is 17.5 Å². The van der Waals surface area contributed by atoms with Gasteiger partial charge < -0.3 is 9.67 Å². The summed E-state index contributed by atoms with van der Waals surface area (Å²) in [7, 11) is -1.76. The van der Waals surface area contributed by atoms with Crippen LogP contribution in [0.3, 0.4) is 0 Å². The van der Waals surface area contributed by atoms with Gasteiger partial charge in [-0.25, -0.2) is 13.1 Å². The van der Waals surface area contributed by atoms with Crippen LogP contribution in [0.2, 0.25) is 0 Å². The largest absolute Gasteiger partial charge is 0.390 e. The van der Waals surface area contributed by atoms with Gasteiger partial charge in [0.2, 0.25) is 10.0 Å². The fourth-order valence-electron chi connectivity index (χ4n) is 2.82. The SMILES string of the molecule is CC1CCC(NS(=O)(=O)c2cc(CO)n(C)c2)CC1C. The molecule has 1 aromatic heterocycles. The molecule has 1 heterocycles. The van der Waals surface area contributed by atoms with Crippen LogP contribution in [0.4, 0.5) is 0 Å². The zero-order chi connectivity index (χ0) is 14.9. The predicted molar refractivity (Wildman–Crippen MR) is 77.6 cm³/mol. The molecule has 20 heavy (non-hydrogen) atoms. The van der Waals surface area contributed by atoms with Crippen molar-refractivity contribution in [3.63, 3.8) is 0 Å². The van der Waals surface area contributed by atoms with Crippen LogP contribution in [0.5, 0.6) is 0 Å². The fraction of sp³-hybridized carbons (Fsp3) is 0.714. The monoisotopic (exact) mass is 300 g/mol. The number of hydrogen-bond acceptors (Lipinski definition) is 3. The van der Waals surface area contributed by atoms with E-state index in [1.165, 1.54) is 6.07 Å². The highest BCUT2D eigenvalue weighted by molar-refractivity contribution is 7.89. The molecule has 0 bridgehead atoms. The van der Waals surface area contributed by atoms with Crippen LogP contribution in [0.25, 0.3) is 0 Å². The number of hydrogen-bond donors (Lipinski definition) is 2. The van der Waals surface area contributed by atoms with Crippen molar-refractivity contribution in [3.8, 4) is 0 Å². The number of sulfonamides is 1. The normalized spacial score (nSPS) is 27.7. The number of nitrogens with zero attached hydrogens (tertiary/aromatic N) is 1. The number of rotatable bonds is 4. The first kappa shape index (κ1) is 15.5. The number of aliphatic hydroxyl groups is 1. The van der Waals surface area contributed by atoms with Gasteiger partial charge in [-0.2, -0.15) is 0 Å². The van der Waals surface area contributed by atoms with Crippen LogP contribution in [0.1, 0.15) is 38.8 Å². The lowest BCUT2D eigenvalue weighted by Crippen LogP contribution is -2.39. The van der Waals surface area contributed by atoms with Crippen molar-refractivity contribution < 1.29 is 13.5 Å². The second-order valence-electron chi connectivity index (χ2n) is 6.02. The molecule has 0 amide bonds. The Kier molecular flexibility index (Phi) is 4.56. The van der Waals surface area contributed by atoms with E-state index < -0.39 is 10.0 Å². The quantitative estimate of drug-likeness (QED) is 0.887. The van der Waals surface area contributed by atoms with Gasteiger partial charge in [-0.05, 0) is 37.2 Å². The Labute approximate surface area is 121 Å². The van der Waals surface area contributed by atoms with Crippen molar-refractivity contribution in [2.45, 2.75) is 50.7 Å². The lowest BCUT2D eigenvalue weighted by Gasteiger charge is -2.32. The van der Waals surface area contributed by atoms with Crippen LogP contribution in [0, 0.1) is 11.8 Å². The van der Waals surface area contributed by atoms with E-state index in [0.29, 0.717) is 17.5 Å². The molecule has 0 aliphatic heterocycles. The zero-order valence-electron chi connectivity index (χ0n) is 12.3. The first-order valence-electron chi connectivity index (χ1n) is 7.12. The average Bonchev–Trinajstić information content (AvgIpc) is 2.76. The standard InChI is InChI=1S/C14H24N2O3S/c1-10-4-5-12(6-11(10)2)15-20(18,19)14-7-13(9-17)16(3)8-14/h7-8,10-12,15,17H,4-6,9H2,1-3H3. The molecule has 3 unspecified atom stereocenters. The van der Waals surface area contributed by atoms with E-state index in [0.717, 1.165) is 19.3 Å². The molecular formula is C14H24N2O3S. The van der Waals surface area contributed by atoms with E-state index in [9.17, 15) is 8.42 Å². The van der Waals surface area contributed by atoms with E-state index in [2.05, 4.69) is 18.6 Å². The predicted octanol–water partition coefficient (Wildman–Crippen LogP) is 1.62. The molecule has 0 spiro atoms. The van der Waals surface area contributed by atoms with Gasteiger partial charge in [0.05, 0.1) is 11.5 Å². The van der Waals surface area contributed by atoms with Gasteiger partial charge in [0, 0.05) is 25.0 Å². The third-order valence-corrected chi connectivity index (χ3v) is 5.96. The van der Waals surface area contributed by atoms with Crippen LogP contribution in [0.15, 0.2) is 17.2 Å². The Balaban J connectivity index is 2.11. The molecule has 1 aliphatic carbocycles. The van der Waals surface area contributed by atoms with Gasteiger partial charge in [-0.3, -0.25) is 0 Å². The third kappa shape index (κ3) is 3.24. The summed E-state index contributed by atoms with van der Waals surface area (Å²) in [5.41, 5.74) is 0.594. The maximum Gasteiger partial charge on any atom is 0.242 e. The van der Waals surface area contributed by atoms with Gasteiger partial charge in [-0.1, -0.05) is 13.8 Å².